The zero-order valence-electron chi connectivity index (χ0n) is 23.0. The normalized spacial score (nSPS) is 10.9. The van der Waals surface area contributed by atoms with Gasteiger partial charge in [-0.3, -0.25) is 4.79 Å². The van der Waals surface area contributed by atoms with Gasteiger partial charge in [0.15, 0.2) is 11.5 Å². The van der Waals surface area contributed by atoms with Crippen LogP contribution in [-0.4, -0.2) is 49.9 Å². The average molecular weight is 552 g/mol. The van der Waals surface area contributed by atoms with Gasteiger partial charge in [-0.05, 0) is 67.8 Å². The van der Waals surface area contributed by atoms with Crippen LogP contribution < -0.4 is 24.3 Å². The Bertz CT molecular complexity index is 1420. The highest BCUT2D eigenvalue weighted by molar-refractivity contribution is 6.32. The van der Waals surface area contributed by atoms with Crippen molar-refractivity contribution >= 4 is 28.5 Å². The number of amides is 1. The zero-order chi connectivity index (χ0) is 27.9. The summed E-state index contributed by atoms with van der Waals surface area (Å²) >= 11 is 6.28. The average Bonchev–Trinajstić information content (AvgIpc) is 3.30. The Labute approximate surface area is 233 Å². The van der Waals surface area contributed by atoms with Gasteiger partial charge < -0.3 is 28.8 Å². The van der Waals surface area contributed by atoms with Crippen LogP contribution in [0.4, 0.5) is 0 Å². The topological polar surface area (TPSA) is 83.8 Å². The highest BCUT2D eigenvalue weighted by Crippen LogP contribution is 2.38. The predicted molar refractivity (Wildman–Crippen MR) is 153 cm³/mol. The van der Waals surface area contributed by atoms with E-state index in [1.807, 2.05) is 44.2 Å². The van der Waals surface area contributed by atoms with E-state index in [1.165, 1.54) is 21.3 Å². The van der Waals surface area contributed by atoms with E-state index in [9.17, 15) is 4.79 Å². The molecule has 0 bridgehead atoms. The van der Waals surface area contributed by atoms with E-state index in [0.29, 0.717) is 42.4 Å². The minimum Gasteiger partial charge on any atom is -0.494 e. The molecule has 0 aliphatic heterocycles. The maximum atomic E-state index is 12.9. The number of fused-ring (bicyclic) bond motifs is 1. The molecule has 8 nitrogen and oxygen atoms in total. The van der Waals surface area contributed by atoms with E-state index >= 15 is 0 Å². The van der Waals surface area contributed by atoms with Crippen molar-refractivity contribution in [2.75, 3.05) is 34.5 Å². The number of methoxy groups -OCH3 is 3. The number of hydrogen-bond donors (Lipinski definition) is 1. The molecule has 0 aliphatic carbocycles. The first-order valence-corrected chi connectivity index (χ1v) is 13.2. The lowest BCUT2D eigenvalue weighted by Gasteiger charge is -2.14. The summed E-state index contributed by atoms with van der Waals surface area (Å²) in [4.78, 5) is 17.8. The van der Waals surface area contributed by atoms with E-state index in [1.54, 1.807) is 12.1 Å². The van der Waals surface area contributed by atoms with Crippen molar-refractivity contribution in [1.29, 1.82) is 0 Å². The molecule has 3 aromatic carbocycles. The van der Waals surface area contributed by atoms with Crippen molar-refractivity contribution in [2.24, 2.45) is 0 Å². The summed E-state index contributed by atoms with van der Waals surface area (Å²) in [6.45, 7) is 5.67. The first-order valence-electron chi connectivity index (χ1n) is 12.8. The summed E-state index contributed by atoms with van der Waals surface area (Å²) in [5.41, 5.74) is 4.41. The first-order chi connectivity index (χ1) is 18.9. The fourth-order valence-corrected chi connectivity index (χ4v) is 4.68. The second-order valence-corrected chi connectivity index (χ2v) is 9.54. The molecule has 0 radical (unpaired) electrons. The number of aromatic nitrogens is 2. The Balaban J connectivity index is 1.41. The third-order valence-electron chi connectivity index (χ3n) is 6.50. The van der Waals surface area contributed by atoms with E-state index in [0.717, 1.165) is 51.7 Å². The fraction of sp³-hybridized carbons (Fsp3) is 0.333. The number of rotatable bonds is 12. The van der Waals surface area contributed by atoms with Crippen molar-refractivity contribution < 1.29 is 23.7 Å². The number of carbonyl (C=O) groups excluding carboxylic acids is 1. The molecule has 0 fully saturated rings. The van der Waals surface area contributed by atoms with Crippen LogP contribution in [0, 0.1) is 13.8 Å². The number of benzene rings is 3. The van der Waals surface area contributed by atoms with Gasteiger partial charge in [-0.2, -0.15) is 0 Å². The van der Waals surface area contributed by atoms with Gasteiger partial charge in [-0.1, -0.05) is 23.7 Å². The van der Waals surface area contributed by atoms with Crippen LogP contribution in [0.5, 0.6) is 23.0 Å². The number of aryl methyl sites for hydroxylation is 3. The SMILES string of the molecule is COc1cc(C(=O)NCCc2nc3ccccc3n2CCCOc2cc(C)c(Cl)c(C)c2)cc(OC)c1OC. The van der Waals surface area contributed by atoms with Crippen molar-refractivity contribution in [1.82, 2.24) is 14.9 Å². The zero-order valence-corrected chi connectivity index (χ0v) is 23.7. The molecule has 1 N–H and O–H groups in total. The summed E-state index contributed by atoms with van der Waals surface area (Å²) in [5, 5.41) is 3.76. The summed E-state index contributed by atoms with van der Waals surface area (Å²) in [6.07, 6.45) is 1.37. The van der Waals surface area contributed by atoms with Gasteiger partial charge in [0.2, 0.25) is 5.75 Å². The smallest absolute Gasteiger partial charge is 0.251 e. The van der Waals surface area contributed by atoms with E-state index in [-0.39, 0.29) is 5.91 Å². The number of nitrogens with zero attached hydrogens (tertiary/aromatic N) is 2. The van der Waals surface area contributed by atoms with Gasteiger partial charge in [0.05, 0.1) is 39.0 Å². The summed E-state index contributed by atoms with van der Waals surface area (Å²) in [6, 6.07) is 15.2. The second kappa shape index (κ2) is 12.8. The van der Waals surface area contributed by atoms with E-state index < -0.39 is 0 Å². The number of nitrogens with one attached hydrogen (secondary N) is 1. The molecule has 0 saturated heterocycles. The Morgan fingerprint density at radius 3 is 2.28 bits per heavy atom. The molecule has 0 unspecified atom stereocenters. The molecule has 0 saturated carbocycles. The summed E-state index contributed by atoms with van der Waals surface area (Å²) in [5.74, 6) is 2.78. The number of carbonyl (C=O) groups is 1. The highest BCUT2D eigenvalue weighted by Gasteiger charge is 2.17. The number of halogens is 1. The predicted octanol–water partition coefficient (Wildman–Crippen LogP) is 5.77. The third-order valence-corrected chi connectivity index (χ3v) is 7.10. The van der Waals surface area contributed by atoms with Gasteiger partial charge in [0, 0.05) is 30.1 Å². The molecule has 0 atom stereocenters. The van der Waals surface area contributed by atoms with E-state index in [2.05, 4.69) is 16.0 Å². The van der Waals surface area contributed by atoms with Crippen molar-refractivity contribution in [3.8, 4) is 23.0 Å². The summed E-state index contributed by atoms with van der Waals surface area (Å²) in [7, 11) is 4.57. The monoisotopic (exact) mass is 551 g/mol. The van der Waals surface area contributed by atoms with Crippen LogP contribution in [0.15, 0.2) is 48.5 Å². The Hall–Kier alpha value is -3.91. The molecule has 9 heteroatoms. The molecule has 0 spiro atoms. The third kappa shape index (κ3) is 6.40. The molecule has 1 aromatic heterocycles. The fourth-order valence-electron chi connectivity index (χ4n) is 4.57. The van der Waals surface area contributed by atoms with Crippen LogP contribution in [0.2, 0.25) is 5.02 Å². The van der Waals surface area contributed by atoms with Gasteiger partial charge in [0.25, 0.3) is 5.91 Å². The minimum atomic E-state index is -0.237. The van der Waals surface area contributed by atoms with Crippen molar-refractivity contribution in [3.63, 3.8) is 0 Å². The maximum absolute atomic E-state index is 12.9. The van der Waals surface area contributed by atoms with Crippen LogP contribution in [-0.2, 0) is 13.0 Å². The lowest BCUT2D eigenvalue weighted by Crippen LogP contribution is -2.26. The van der Waals surface area contributed by atoms with Gasteiger partial charge in [0.1, 0.15) is 11.6 Å². The van der Waals surface area contributed by atoms with Crippen LogP contribution in [0.1, 0.15) is 33.7 Å². The maximum Gasteiger partial charge on any atom is 0.251 e. The van der Waals surface area contributed by atoms with Crippen LogP contribution >= 0.6 is 11.6 Å². The van der Waals surface area contributed by atoms with Gasteiger partial charge >= 0.3 is 0 Å². The Kier molecular flexibility index (Phi) is 9.19. The Morgan fingerprint density at radius 2 is 1.64 bits per heavy atom. The second-order valence-electron chi connectivity index (χ2n) is 9.16. The number of ether oxygens (including phenoxy) is 4. The molecule has 4 aromatic rings. The molecule has 39 heavy (non-hydrogen) atoms. The molecule has 4 rings (SSSR count). The standard InChI is InChI=1S/C30H34ClN3O5/c1-19-15-22(16-20(2)28(19)31)39-14-8-13-34-24-10-7-6-9-23(24)33-27(34)11-12-32-30(35)21-17-25(36-3)29(38-5)26(18-21)37-4/h6-7,9-10,15-18H,8,11-14H2,1-5H3,(H,32,35). The molecule has 206 valence electrons. The lowest BCUT2D eigenvalue weighted by molar-refractivity contribution is 0.0953. The molecule has 0 aliphatic rings. The molecular weight excluding hydrogens is 518 g/mol. The van der Waals surface area contributed by atoms with Crippen LogP contribution in [0.25, 0.3) is 11.0 Å². The number of hydrogen-bond acceptors (Lipinski definition) is 6. The van der Waals surface area contributed by atoms with Crippen LogP contribution in [0.3, 0.4) is 0 Å². The lowest BCUT2D eigenvalue weighted by atomic mass is 10.1. The first kappa shape index (κ1) is 28.1. The quantitative estimate of drug-likeness (QED) is 0.225. The molecule has 1 heterocycles. The largest absolute Gasteiger partial charge is 0.494 e. The van der Waals surface area contributed by atoms with Crippen molar-refractivity contribution in [3.05, 3.63) is 76.1 Å². The molecular formula is C30H34ClN3O5. The number of imidazole rings is 1. The highest BCUT2D eigenvalue weighted by atomic mass is 35.5. The molecule has 1 amide bonds. The summed E-state index contributed by atoms with van der Waals surface area (Å²) < 4.78 is 24.3. The van der Waals surface area contributed by atoms with Gasteiger partial charge in [-0.25, -0.2) is 4.98 Å². The minimum absolute atomic E-state index is 0.237. The van der Waals surface area contributed by atoms with Gasteiger partial charge in [-0.15, -0.1) is 0 Å². The Morgan fingerprint density at radius 1 is 0.974 bits per heavy atom. The van der Waals surface area contributed by atoms with E-state index in [4.69, 9.17) is 35.5 Å². The number of para-hydroxylation sites is 2. The van der Waals surface area contributed by atoms with Crippen molar-refractivity contribution in [2.45, 2.75) is 33.2 Å².